The molecule has 0 fully saturated rings. The molecule has 0 aliphatic heterocycles. The van der Waals surface area contributed by atoms with E-state index in [1.807, 2.05) is 17.8 Å². The van der Waals surface area contributed by atoms with Gasteiger partial charge in [-0.3, -0.25) is 0 Å². The molecule has 0 aromatic heterocycles. The Hall–Kier alpha value is -0.720. The van der Waals surface area contributed by atoms with Crippen LogP contribution in [0.25, 0.3) is 0 Å². The van der Waals surface area contributed by atoms with Crippen molar-refractivity contribution in [3.05, 3.63) is 24.3 Å². The maximum absolute atomic E-state index is 12.0. The molecule has 0 aliphatic carbocycles. The lowest BCUT2D eigenvalue weighted by atomic mass is 10.0. The first-order chi connectivity index (χ1) is 9.44. The highest BCUT2D eigenvalue weighted by atomic mass is 32.2. The van der Waals surface area contributed by atoms with E-state index in [2.05, 4.69) is 30.1 Å². The third kappa shape index (κ3) is 3.90. The number of sulfonamides is 1. The van der Waals surface area contributed by atoms with Crippen molar-refractivity contribution in [1.82, 2.24) is 4.72 Å². The summed E-state index contributed by atoms with van der Waals surface area (Å²) in [4.78, 5) is 0.296. The zero-order valence-electron chi connectivity index (χ0n) is 12.6. The van der Waals surface area contributed by atoms with E-state index in [1.165, 1.54) is 7.05 Å². The van der Waals surface area contributed by atoms with Gasteiger partial charge < -0.3 is 5.32 Å². The highest BCUT2D eigenvalue weighted by Gasteiger charge is 2.25. The van der Waals surface area contributed by atoms with E-state index >= 15 is 0 Å². The maximum Gasteiger partial charge on any atom is 0.242 e. The van der Waals surface area contributed by atoms with Crippen LogP contribution in [0, 0.1) is 0 Å². The fourth-order valence-corrected chi connectivity index (χ4v) is 3.78. The summed E-state index contributed by atoms with van der Waals surface area (Å²) in [5, 5.41) is 3.31. The van der Waals surface area contributed by atoms with Gasteiger partial charge in [0.2, 0.25) is 10.0 Å². The first-order valence-corrected chi connectivity index (χ1v) is 9.47. The van der Waals surface area contributed by atoms with E-state index in [1.54, 1.807) is 18.2 Å². The molecule has 1 rings (SSSR count). The van der Waals surface area contributed by atoms with Gasteiger partial charge in [0.25, 0.3) is 0 Å². The van der Waals surface area contributed by atoms with Crippen molar-refractivity contribution in [3.8, 4) is 0 Å². The third-order valence-corrected chi connectivity index (χ3v) is 6.83. The van der Waals surface area contributed by atoms with Crippen molar-refractivity contribution in [3.63, 3.8) is 0 Å². The number of rotatable bonds is 8. The number of benzene rings is 1. The maximum atomic E-state index is 12.0. The SMILES string of the molecule is CCC(CC)(CNc1ccccc1S(=O)(=O)NC)SC. The monoisotopic (exact) mass is 316 g/mol. The average molecular weight is 316 g/mol. The molecule has 1 aromatic rings. The summed E-state index contributed by atoms with van der Waals surface area (Å²) in [5.41, 5.74) is 0.655. The van der Waals surface area contributed by atoms with Crippen LogP contribution in [-0.2, 0) is 10.0 Å². The van der Waals surface area contributed by atoms with Crippen LogP contribution in [0.1, 0.15) is 26.7 Å². The summed E-state index contributed by atoms with van der Waals surface area (Å²) in [7, 11) is -2.01. The molecule has 0 unspecified atom stereocenters. The van der Waals surface area contributed by atoms with Crippen LogP contribution in [-0.4, -0.2) is 33.0 Å². The minimum absolute atomic E-state index is 0.135. The average Bonchev–Trinajstić information content (AvgIpc) is 2.49. The summed E-state index contributed by atoms with van der Waals surface area (Å²) in [6, 6.07) is 7.00. The van der Waals surface area contributed by atoms with Crippen LogP contribution >= 0.6 is 11.8 Å². The highest BCUT2D eigenvalue weighted by Crippen LogP contribution is 2.31. The number of anilines is 1. The van der Waals surface area contributed by atoms with Crippen molar-refractivity contribution in [2.75, 3.05) is 25.2 Å². The highest BCUT2D eigenvalue weighted by molar-refractivity contribution is 8.00. The van der Waals surface area contributed by atoms with Gasteiger partial charge in [-0.1, -0.05) is 26.0 Å². The molecule has 0 bridgehead atoms. The standard InChI is InChI=1S/C14H24N2O2S2/c1-5-14(6-2,19-4)11-16-12-9-7-8-10-13(12)20(17,18)15-3/h7-10,15-16H,5-6,11H2,1-4H3. The number of para-hydroxylation sites is 1. The lowest BCUT2D eigenvalue weighted by Gasteiger charge is -2.30. The Bertz CT molecular complexity index is 517. The molecule has 4 nitrogen and oxygen atoms in total. The molecule has 1 aromatic carbocycles. The van der Waals surface area contributed by atoms with Crippen LogP contribution in [0.3, 0.4) is 0 Å². The quantitative estimate of drug-likeness (QED) is 0.774. The largest absolute Gasteiger partial charge is 0.383 e. The summed E-state index contributed by atoms with van der Waals surface area (Å²) < 4.78 is 26.5. The number of nitrogens with one attached hydrogen (secondary N) is 2. The second kappa shape index (κ2) is 7.33. The van der Waals surface area contributed by atoms with Crippen molar-refractivity contribution >= 4 is 27.5 Å². The van der Waals surface area contributed by atoms with Crippen LogP contribution in [0.4, 0.5) is 5.69 Å². The summed E-state index contributed by atoms with van der Waals surface area (Å²) in [6.07, 6.45) is 4.18. The van der Waals surface area contributed by atoms with E-state index < -0.39 is 10.0 Å². The van der Waals surface area contributed by atoms with Crippen molar-refractivity contribution in [2.24, 2.45) is 0 Å². The van der Waals surface area contributed by atoms with Crippen molar-refractivity contribution in [2.45, 2.75) is 36.3 Å². The van der Waals surface area contributed by atoms with Gasteiger partial charge in [-0.2, -0.15) is 11.8 Å². The van der Waals surface area contributed by atoms with Gasteiger partial charge in [-0.15, -0.1) is 0 Å². The van der Waals surface area contributed by atoms with E-state index in [9.17, 15) is 8.42 Å². The lowest BCUT2D eigenvalue weighted by molar-refractivity contribution is 0.573. The molecule has 0 saturated heterocycles. The van der Waals surface area contributed by atoms with E-state index in [0.29, 0.717) is 10.6 Å². The molecule has 0 radical (unpaired) electrons. The Morgan fingerprint density at radius 2 is 1.80 bits per heavy atom. The van der Waals surface area contributed by atoms with Crippen LogP contribution in [0.2, 0.25) is 0 Å². The second-order valence-electron chi connectivity index (χ2n) is 4.65. The van der Waals surface area contributed by atoms with Crippen LogP contribution < -0.4 is 10.0 Å². The molecule has 0 heterocycles. The fourth-order valence-electron chi connectivity index (χ4n) is 2.07. The van der Waals surface area contributed by atoms with E-state index in [0.717, 1.165) is 19.4 Å². The van der Waals surface area contributed by atoms with Gasteiger partial charge >= 0.3 is 0 Å². The molecule has 20 heavy (non-hydrogen) atoms. The van der Waals surface area contributed by atoms with Crippen molar-refractivity contribution in [1.29, 1.82) is 0 Å². The molecule has 114 valence electrons. The third-order valence-electron chi connectivity index (χ3n) is 3.77. The number of hydrogen-bond donors (Lipinski definition) is 2. The predicted octanol–water partition coefficient (Wildman–Crippen LogP) is 2.93. The van der Waals surface area contributed by atoms with Gasteiger partial charge in [0.1, 0.15) is 4.90 Å². The molecule has 6 heteroatoms. The lowest BCUT2D eigenvalue weighted by Crippen LogP contribution is -2.32. The Balaban J connectivity index is 3.00. The van der Waals surface area contributed by atoms with Crippen LogP contribution in [0.5, 0.6) is 0 Å². The molecule has 0 amide bonds. The minimum Gasteiger partial charge on any atom is -0.383 e. The topological polar surface area (TPSA) is 58.2 Å². The molecule has 0 aliphatic rings. The van der Waals surface area contributed by atoms with Gasteiger partial charge in [0, 0.05) is 11.3 Å². The molecule has 0 spiro atoms. The normalized spacial score (nSPS) is 12.4. The number of hydrogen-bond acceptors (Lipinski definition) is 4. The van der Waals surface area contributed by atoms with Gasteiger partial charge in [-0.05, 0) is 38.3 Å². The molecule has 0 atom stereocenters. The minimum atomic E-state index is -3.44. The zero-order chi connectivity index (χ0) is 15.2. The Morgan fingerprint density at radius 1 is 1.20 bits per heavy atom. The summed E-state index contributed by atoms with van der Waals surface area (Å²) in [5.74, 6) is 0. The molecule has 0 saturated carbocycles. The van der Waals surface area contributed by atoms with E-state index in [4.69, 9.17) is 0 Å². The Kier molecular flexibility index (Phi) is 6.36. The summed E-state index contributed by atoms with van der Waals surface area (Å²) in [6.45, 7) is 5.08. The first-order valence-electron chi connectivity index (χ1n) is 6.76. The van der Waals surface area contributed by atoms with Crippen molar-refractivity contribution < 1.29 is 8.42 Å². The molecule has 2 N–H and O–H groups in total. The van der Waals surface area contributed by atoms with Crippen LogP contribution in [0.15, 0.2) is 29.2 Å². The summed E-state index contributed by atoms with van der Waals surface area (Å²) >= 11 is 1.83. The molecular formula is C14H24N2O2S2. The molecular weight excluding hydrogens is 292 g/mol. The first kappa shape index (κ1) is 17.3. The van der Waals surface area contributed by atoms with Gasteiger partial charge in [0.05, 0.1) is 5.69 Å². The number of thioether (sulfide) groups is 1. The second-order valence-corrected chi connectivity index (χ2v) is 7.78. The smallest absolute Gasteiger partial charge is 0.242 e. The Morgan fingerprint density at radius 3 is 2.30 bits per heavy atom. The van der Waals surface area contributed by atoms with Gasteiger partial charge in [-0.25, -0.2) is 13.1 Å². The van der Waals surface area contributed by atoms with E-state index in [-0.39, 0.29) is 4.75 Å². The fraction of sp³-hybridized carbons (Fsp3) is 0.571. The zero-order valence-corrected chi connectivity index (χ0v) is 14.2. The predicted molar refractivity (Wildman–Crippen MR) is 88.0 cm³/mol. The van der Waals surface area contributed by atoms with Gasteiger partial charge in [0.15, 0.2) is 0 Å². The Labute approximate surface area is 126 Å².